The van der Waals surface area contributed by atoms with E-state index in [2.05, 4.69) is 66.1 Å². The molecule has 2 aromatic rings. The van der Waals surface area contributed by atoms with Gasteiger partial charge in [-0.2, -0.15) is 0 Å². The molecule has 1 aromatic carbocycles. The molecule has 0 radical (unpaired) electrons. The van der Waals surface area contributed by atoms with Crippen LogP contribution in [0.3, 0.4) is 0 Å². The Labute approximate surface area is 135 Å². The molecule has 0 fully saturated rings. The third kappa shape index (κ3) is 4.03. The Morgan fingerprint density at radius 3 is 2.33 bits per heavy atom. The van der Waals surface area contributed by atoms with Crippen LogP contribution in [0.5, 0.6) is 0 Å². The first-order valence-electron chi connectivity index (χ1n) is 7.26. The van der Waals surface area contributed by atoms with Gasteiger partial charge in [-0.3, -0.25) is 0 Å². The monoisotopic (exact) mass is 347 g/mol. The van der Waals surface area contributed by atoms with Gasteiger partial charge in [0, 0.05) is 18.4 Å². The Hall–Kier alpha value is -1.42. The van der Waals surface area contributed by atoms with E-state index in [0.29, 0.717) is 0 Å². The molecule has 2 rings (SSSR count). The molecule has 1 N–H and O–H groups in total. The van der Waals surface area contributed by atoms with Gasteiger partial charge in [0.25, 0.3) is 0 Å². The minimum absolute atomic E-state index is 0.0304. The highest BCUT2D eigenvalue weighted by molar-refractivity contribution is 9.10. The van der Waals surface area contributed by atoms with Gasteiger partial charge in [-0.05, 0) is 28.4 Å². The lowest BCUT2D eigenvalue weighted by atomic mass is 9.91. The summed E-state index contributed by atoms with van der Waals surface area (Å²) in [7, 11) is 0. The van der Waals surface area contributed by atoms with E-state index in [1.807, 2.05) is 18.2 Å². The van der Waals surface area contributed by atoms with Gasteiger partial charge in [-0.25, -0.2) is 9.97 Å². The summed E-state index contributed by atoms with van der Waals surface area (Å²) in [6, 6.07) is 10.3. The van der Waals surface area contributed by atoms with Gasteiger partial charge in [0.1, 0.15) is 11.6 Å². The van der Waals surface area contributed by atoms with E-state index in [1.54, 1.807) is 0 Å². The number of halogens is 1. The zero-order valence-electron chi connectivity index (χ0n) is 13.1. The zero-order valence-corrected chi connectivity index (χ0v) is 14.7. The molecule has 0 saturated heterocycles. The molecule has 1 aromatic heterocycles. The van der Waals surface area contributed by atoms with Crippen LogP contribution in [0.1, 0.15) is 44.8 Å². The van der Waals surface area contributed by atoms with Crippen molar-refractivity contribution in [1.29, 1.82) is 0 Å². The third-order valence-corrected chi connectivity index (χ3v) is 3.91. The van der Waals surface area contributed by atoms with Gasteiger partial charge in [0.15, 0.2) is 0 Å². The molecule has 0 amide bonds. The maximum Gasteiger partial charge on any atom is 0.144 e. The molecule has 4 heteroatoms. The highest BCUT2D eigenvalue weighted by Gasteiger charge is 2.23. The molecule has 0 aliphatic heterocycles. The highest BCUT2D eigenvalue weighted by Crippen LogP contribution is 2.32. The van der Waals surface area contributed by atoms with Crippen LogP contribution in [-0.2, 0) is 11.8 Å². The number of benzene rings is 1. The smallest absolute Gasteiger partial charge is 0.144 e. The average Bonchev–Trinajstić information content (AvgIpc) is 2.42. The fourth-order valence-electron chi connectivity index (χ4n) is 2.13. The first-order valence-corrected chi connectivity index (χ1v) is 8.05. The normalized spacial score (nSPS) is 11.5. The lowest BCUT2D eigenvalue weighted by Crippen LogP contribution is -2.18. The van der Waals surface area contributed by atoms with Crippen molar-refractivity contribution in [3.63, 3.8) is 0 Å². The van der Waals surface area contributed by atoms with Gasteiger partial charge in [0.05, 0.1) is 10.2 Å². The van der Waals surface area contributed by atoms with Gasteiger partial charge >= 0.3 is 0 Å². The summed E-state index contributed by atoms with van der Waals surface area (Å²) < 4.78 is 0.966. The second-order valence-electron chi connectivity index (χ2n) is 6.09. The van der Waals surface area contributed by atoms with Crippen molar-refractivity contribution in [2.45, 2.75) is 39.5 Å². The van der Waals surface area contributed by atoms with Crippen LogP contribution < -0.4 is 5.32 Å². The molecule has 0 atom stereocenters. The first kappa shape index (κ1) is 16.0. The zero-order chi connectivity index (χ0) is 15.5. The van der Waals surface area contributed by atoms with Crippen LogP contribution in [0, 0.1) is 0 Å². The third-order valence-electron chi connectivity index (χ3n) is 3.16. The first-order chi connectivity index (χ1) is 9.91. The SMILES string of the molecule is CCNc1nc(Cc2ccccc2)nc(C(C)(C)C)c1Br. The summed E-state index contributed by atoms with van der Waals surface area (Å²) >= 11 is 3.65. The lowest BCUT2D eigenvalue weighted by molar-refractivity contribution is 0.559. The maximum atomic E-state index is 4.78. The van der Waals surface area contributed by atoms with Gasteiger partial charge in [-0.15, -0.1) is 0 Å². The van der Waals surface area contributed by atoms with Crippen LogP contribution in [0.25, 0.3) is 0 Å². The number of anilines is 1. The summed E-state index contributed by atoms with van der Waals surface area (Å²) in [5.41, 5.74) is 2.23. The Bertz CT molecular complexity index is 603. The maximum absolute atomic E-state index is 4.78. The molecule has 0 aliphatic rings. The van der Waals surface area contributed by atoms with Crippen LogP contribution in [0.2, 0.25) is 0 Å². The van der Waals surface area contributed by atoms with E-state index in [0.717, 1.165) is 34.8 Å². The molecule has 0 unspecified atom stereocenters. The molecule has 0 saturated carbocycles. The summed E-state index contributed by atoms with van der Waals surface area (Å²) in [5, 5.41) is 3.32. The van der Waals surface area contributed by atoms with E-state index < -0.39 is 0 Å². The van der Waals surface area contributed by atoms with Crippen LogP contribution in [0.15, 0.2) is 34.8 Å². The molecule has 0 spiro atoms. The number of nitrogens with zero attached hydrogens (tertiary/aromatic N) is 2. The predicted octanol–water partition coefficient (Wildman–Crippen LogP) is 4.56. The molecular weight excluding hydrogens is 326 g/mol. The minimum Gasteiger partial charge on any atom is -0.369 e. The molecule has 1 heterocycles. The quantitative estimate of drug-likeness (QED) is 0.880. The molecule has 21 heavy (non-hydrogen) atoms. The predicted molar refractivity (Wildman–Crippen MR) is 91.8 cm³/mol. The lowest BCUT2D eigenvalue weighted by Gasteiger charge is -2.22. The minimum atomic E-state index is -0.0304. The van der Waals surface area contributed by atoms with Crippen LogP contribution >= 0.6 is 15.9 Å². The van der Waals surface area contributed by atoms with E-state index in [-0.39, 0.29) is 5.41 Å². The Balaban J connectivity index is 2.44. The Morgan fingerprint density at radius 1 is 1.10 bits per heavy atom. The van der Waals surface area contributed by atoms with E-state index in [9.17, 15) is 0 Å². The fraction of sp³-hybridized carbons (Fsp3) is 0.412. The van der Waals surface area contributed by atoms with Crippen molar-refractivity contribution in [1.82, 2.24) is 9.97 Å². The summed E-state index contributed by atoms with van der Waals surface area (Å²) in [6.45, 7) is 9.42. The standard InChI is InChI=1S/C17H22BrN3/c1-5-19-16-14(18)15(17(2,3)4)20-13(21-16)11-12-9-7-6-8-10-12/h6-10H,5,11H2,1-4H3,(H,19,20,21). The Kier molecular flexibility index (Phi) is 4.99. The summed E-state index contributed by atoms with van der Waals surface area (Å²) in [5.74, 6) is 1.73. The fourth-order valence-corrected chi connectivity index (χ4v) is 3.04. The van der Waals surface area contributed by atoms with Gasteiger partial charge < -0.3 is 5.32 Å². The van der Waals surface area contributed by atoms with E-state index in [1.165, 1.54) is 5.56 Å². The molecule has 0 aliphatic carbocycles. The van der Waals surface area contributed by atoms with Gasteiger partial charge in [-0.1, -0.05) is 51.1 Å². The van der Waals surface area contributed by atoms with Crippen LogP contribution in [0.4, 0.5) is 5.82 Å². The average molecular weight is 348 g/mol. The van der Waals surface area contributed by atoms with Crippen molar-refractivity contribution < 1.29 is 0 Å². The molecule has 112 valence electrons. The second-order valence-corrected chi connectivity index (χ2v) is 6.89. The topological polar surface area (TPSA) is 37.8 Å². The second kappa shape index (κ2) is 6.56. The molecule has 3 nitrogen and oxygen atoms in total. The van der Waals surface area contributed by atoms with Crippen molar-refractivity contribution in [3.8, 4) is 0 Å². The largest absolute Gasteiger partial charge is 0.369 e. The van der Waals surface area contributed by atoms with E-state index in [4.69, 9.17) is 4.98 Å². The number of hydrogen-bond acceptors (Lipinski definition) is 3. The number of rotatable bonds is 4. The van der Waals surface area contributed by atoms with Gasteiger partial charge in [0.2, 0.25) is 0 Å². The highest BCUT2D eigenvalue weighted by atomic mass is 79.9. The number of hydrogen-bond donors (Lipinski definition) is 1. The molecular formula is C17H22BrN3. The number of aromatic nitrogens is 2. The summed E-state index contributed by atoms with van der Waals surface area (Å²) in [4.78, 5) is 9.45. The number of nitrogens with one attached hydrogen (secondary N) is 1. The van der Waals surface area contributed by atoms with Crippen molar-refractivity contribution in [2.24, 2.45) is 0 Å². The van der Waals surface area contributed by atoms with E-state index >= 15 is 0 Å². The van der Waals surface area contributed by atoms with Crippen molar-refractivity contribution in [2.75, 3.05) is 11.9 Å². The summed E-state index contributed by atoms with van der Waals surface area (Å²) in [6.07, 6.45) is 0.746. The van der Waals surface area contributed by atoms with Crippen molar-refractivity contribution in [3.05, 3.63) is 51.9 Å². The molecule has 0 bridgehead atoms. The van der Waals surface area contributed by atoms with Crippen LogP contribution in [-0.4, -0.2) is 16.5 Å². The van der Waals surface area contributed by atoms with Crippen molar-refractivity contribution >= 4 is 21.7 Å². The Morgan fingerprint density at radius 2 is 1.76 bits per heavy atom.